The molecule has 0 radical (unpaired) electrons. The number of thiazole rings is 1. The van der Waals surface area contributed by atoms with E-state index in [9.17, 15) is 4.79 Å². The van der Waals surface area contributed by atoms with E-state index in [0.717, 1.165) is 11.3 Å². The molecule has 84 valence electrons. The van der Waals surface area contributed by atoms with Crippen molar-refractivity contribution in [2.75, 3.05) is 14.2 Å². The molecule has 0 aliphatic rings. The van der Waals surface area contributed by atoms with Crippen LogP contribution in [0, 0.1) is 0 Å². The second-order valence-corrected chi connectivity index (χ2v) is 3.72. The summed E-state index contributed by atoms with van der Waals surface area (Å²) in [6, 6.07) is 0. The highest BCUT2D eigenvalue weighted by atomic mass is 32.1. The number of rotatable bonds is 5. The number of ether oxygens (including phenoxy) is 2. The van der Waals surface area contributed by atoms with Gasteiger partial charge in [0.15, 0.2) is 6.10 Å². The van der Waals surface area contributed by atoms with Crippen LogP contribution in [0.3, 0.4) is 0 Å². The summed E-state index contributed by atoms with van der Waals surface area (Å²) in [5.41, 5.74) is 0. The Bertz CT molecular complexity index is 351. The fraction of sp³-hybridized carbons (Fsp3) is 0.500. The first-order valence-corrected chi connectivity index (χ1v) is 4.88. The van der Waals surface area contributed by atoms with E-state index < -0.39 is 12.1 Å². The molecule has 6 nitrogen and oxygen atoms in total. The van der Waals surface area contributed by atoms with Crippen molar-refractivity contribution in [1.82, 2.24) is 4.98 Å². The van der Waals surface area contributed by atoms with E-state index in [4.69, 9.17) is 19.7 Å². The quantitative estimate of drug-likeness (QED) is 0.752. The van der Waals surface area contributed by atoms with Crippen LogP contribution in [-0.2, 0) is 11.2 Å². The lowest BCUT2D eigenvalue weighted by Crippen LogP contribution is -2.21. The molecule has 1 rings (SSSR count). The first kappa shape index (κ1) is 11.7. The molecule has 0 aromatic carbocycles. The monoisotopic (exact) mass is 233 g/mol. The van der Waals surface area contributed by atoms with Gasteiger partial charge >= 0.3 is 5.97 Å². The van der Waals surface area contributed by atoms with Crippen molar-refractivity contribution in [2.45, 2.75) is 12.5 Å². The lowest BCUT2D eigenvalue weighted by Gasteiger charge is -2.03. The molecule has 1 aromatic heterocycles. The number of methoxy groups -OCH3 is 2. The maximum atomic E-state index is 10.4. The summed E-state index contributed by atoms with van der Waals surface area (Å²) < 4.78 is 9.80. The fourth-order valence-electron chi connectivity index (χ4n) is 0.956. The Hall–Kier alpha value is -1.34. The molecule has 0 spiro atoms. The number of carbonyl (C=O) groups is 1. The minimum Gasteiger partial charge on any atom is -0.480 e. The number of carboxylic acid groups (broad SMARTS) is 1. The van der Waals surface area contributed by atoms with Gasteiger partial charge < -0.3 is 19.7 Å². The molecule has 1 heterocycles. The van der Waals surface area contributed by atoms with Crippen LogP contribution in [0.1, 0.15) is 4.88 Å². The first-order valence-electron chi connectivity index (χ1n) is 4.07. The molecule has 0 fully saturated rings. The summed E-state index contributed by atoms with van der Waals surface area (Å²) in [6.07, 6.45) is -1.50. The number of aromatic nitrogens is 1. The van der Waals surface area contributed by atoms with Crippen molar-refractivity contribution in [3.05, 3.63) is 4.88 Å². The van der Waals surface area contributed by atoms with Gasteiger partial charge in [-0.2, -0.15) is 4.98 Å². The number of aliphatic hydroxyl groups is 1. The highest BCUT2D eigenvalue weighted by molar-refractivity contribution is 7.13. The van der Waals surface area contributed by atoms with Crippen LogP contribution < -0.4 is 9.47 Å². The molecule has 0 amide bonds. The van der Waals surface area contributed by atoms with Crippen molar-refractivity contribution in [1.29, 1.82) is 0 Å². The number of hydrogen-bond donors (Lipinski definition) is 2. The van der Waals surface area contributed by atoms with Gasteiger partial charge in [-0.15, -0.1) is 0 Å². The van der Waals surface area contributed by atoms with Gasteiger partial charge in [-0.3, -0.25) is 0 Å². The zero-order valence-corrected chi connectivity index (χ0v) is 9.08. The third kappa shape index (κ3) is 2.80. The first-order chi connectivity index (χ1) is 7.08. The standard InChI is InChI=1S/C8H11NO5S/c1-13-6-5(3-4(10)7(11)12)15-8(9-6)14-2/h4,10H,3H2,1-2H3,(H,11,12). The Morgan fingerprint density at radius 1 is 1.53 bits per heavy atom. The average molecular weight is 233 g/mol. The number of carboxylic acids is 1. The SMILES string of the molecule is COc1nc(OC)c(CC(O)C(=O)O)s1. The van der Waals surface area contributed by atoms with E-state index in [1.807, 2.05) is 0 Å². The Kier molecular flexibility index (Phi) is 3.87. The van der Waals surface area contributed by atoms with Crippen LogP contribution in [0.15, 0.2) is 0 Å². The normalized spacial score (nSPS) is 12.2. The summed E-state index contributed by atoms with van der Waals surface area (Å²) in [5, 5.41) is 18.1. The maximum absolute atomic E-state index is 10.4. The van der Waals surface area contributed by atoms with Gasteiger partial charge in [-0.25, -0.2) is 4.79 Å². The molecule has 7 heteroatoms. The van der Waals surface area contributed by atoms with Crippen LogP contribution in [-0.4, -0.2) is 41.5 Å². The maximum Gasteiger partial charge on any atom is 0.332 e. The van der Waals surface area contributed by atoms with E-state index in [-0.39, 0.29) is 12.3 Å². The molecule has 0 saturated carbocycles. The lowest BCUT2D eigenvalue weighted by atomic mass is 10.2. The third-order valence-corrected chi connectivity index (χ3v) is 2.69. The molecular weight excluding hydrogens is 222 g/mol. The third-order valence-electron chi connectivity index (χ3n) is 1.67. The van der Waals surface area contributed by atoms with E-state index in [2.05, 4.69) is 4.98 Å². The largest absolute Gasteiger partial charge is 0.480 e. The van der Waals surface area contributed by atoms with Crippen molar-refractivity contribution < 1.29 is 24.5 Å². The number of aliphatic hydroxyl groups excluding tert-OH is 1. The van der Waals surface area contributed by atoms with Gasteiger partial charge in [0, 0.05) is 6.42 Å². The van der Waals surface area contributed by atoms with Crippen molar-refractivity contribution in [3.63, 3.8) is 0 Å². The van der Waals surface area contributed by atoms with Crippen molar-refractivity contribution >= 4 is 17.3 Å². The second kappa shape index (κ2) is 4.94. The molecule has 1 unspecified atom stereocenters. The zero-order valence-electron chi connectivity index (χ0n) is 8.26. The smallest absolute Gasteiger partial charge is 0.332 e. The lowest BCUT2D eigenvalue weighted by molar-refractivity contribution is -0.146. The molecule has 0 bridgehead atoms. The predicted octanol–water partition coefficient (Wildman–Crippen LogP) is 0.148. The molecule has 0 aliphatic heterocycles. The minimum absolute atomic E-state index is 0.0421. The molecule has 1 atom stereocenters. The van der Waals surface area contributed by atoms with Gasteiger partial charge in [0.2, 0.25) is 5.88 Å². The number of nitrogens with zero attached hydrogens (tertiary/aromatic N) is 1. The summed E-state index contributed by atoms with van der Waals surface area (Å²) in [5.74, 6) is -0.985. The molecule has 0 aliphatic carbocycles. The molecule has 15 heavy (non-hydrogen) atoms. The van der Waals surface area contributed by atoms with Crippen molar-refractivity contribution in [3.8, 4) is 11.1 Å². The molecule has 1 aromatic rings. The van der Waals surface area contributed by atoms with E-state index >= 15 is 0 Å². The van der Waals surface area contributed by atoms with Crippen LogP contribution in [0.5, 0.6) is 11.1 Å². The summed E-state index contributed by atoms with van der Waals surface area (Å²) in [6.45, 7) is 0. The van der Waals surface area contributed by atoms with E-state index in [0.29, 0.717) is 10.1 Å². The zero-order chi connectivity index (χ0) is 11.4. The highest BCUT2D eigenvalue weighted by Crippen LogP contribution is 2.31. The van der Waals surface area contributed by atoms with Crippen LogP contribution in [0.25, 0.3) is 0 Å². The second-order valence-electron chi connectivity index (χ2n) is 2.67. The summed E-state index contributed by atoms with van der Waals surface area (Å²) >= 11 is 1.15. The minimum atomic E-state index is -1.45. The average Bonchev–Trinajstić information content (AvgIpc) is 2.60. The predicted molar refractivity (Wildman–Crippen MR) is 52.6 cm³/mol. The Morgan fingerprint density at radius 2 is 2.20 bits per heavy atom. The Morgan fingerprint density at radius 3 is 2.67 bits per heavy atom. The summed E-state index contributed by atoms with van der Waals surface area (Å²) in [4.78, 5) is 14.9. The van der Waals surface area contributed by atoms with Gasteiger partial charge in [0.1, 0.15) is 0 Å². The van der Waals surface area contributed by atoms with Gasteiger partial charge in [0.05, 0.1) is 19.1 Å². The van der Waals surface area contributed by atoms with Gasteiger partial charge in [-0.1, -0.05) is 11.3 Å². The number of hydrogen-bond acceptors (Lipinski definition) is 6. The molecule has 2 N–H and O–H groups in total. The van der Waals surface area contributed by atoms with E-state index in [1.165, 1.54) is 14.2 Å². The van der Waals surface area contributed by atoms with Gasteiger partial charge in [0.25, 0.3) is 5.19 Å². The van der Waals surface area contributed by atoms with Gasteiger partial charge in [-0.05, 0) is 0 Å². The number of aliphatic carboxylic acids is 1. The molecular formula is C8H11NO5S. The summed E-state index contributed by atoms with van der Waals surface area (Å²) in [7, 11) is 2.88. The topological polar surface area (TPSA) is 88.9 Å². The molecule has 0 saturated heterocycles. The highest BCUT2D eigenvalue weighted by Gasteiger charge is 2.20. The van der Waals surface area contributed by atoms with Crippen LogP contribution in [0.2, 0.25) is 0 Å². The van der Waals surface area contributed by atoms with Crippen molar-refractivity contribution in [2.24, 2.45) is 0 Å². The Balaban J connectivity index is 2.83. The Labute approximate surface area is 90.1 Å². The van der Waals surface area contributed by atoms with Crippen LogP contribution in [0.4, 0.5) is 0 Å². The van der Waals surface area contributed by atoms with Crippen LogP contribution >= 0.6 is 11.3 Å². The van der Waals surface area contributed by atoms with E-state index in [1.54, 1.807) is 0 Å². The fourth-order valence-corrected chi connectivity index (χ4v) is 1.84.